The Morgan fingerprint density at radius 1 is 1.43 bits per heavy atom. The van der Waals surface area contributed by atoms with Crippen molar-refractivity contribution in [1.82, 2.24) is 10.2 Å². The minimum Gasteiger partial charge on any atom is -0.495 e. The predicted molar refractivity (Wildman–Crippen MR) is 91.4 cm³/mol. The number of hydrogen-bond donors (Lipinski definition) is 2. The van der Waals surface area contributed by atoms with Crippen molar-refractivity contribution in [1.29, 1.82) is 0 Å². The highest BCUT2D eigenvalue weighted by Crippen LogP contribution is 2.27. The minimum atomic E-state index is -0.0628. The van der Waals surface area contributed by atoms with Crippen molar-refractivity contribution in [2.75, 3.05) is 51.8 Å². The molecule has 128 valence electrons. The van der Waals surface area contributed by atoms with Crippen LogP contribution in [-0.2, 0) is 9.53 Å². The van der Waals surface area contributed by atoms with E-state index in [1.54, 1.807) is 25.3 Å². The second-order valence-corrected chi connectivity index (χ2v) is 5.94. The number of carbonyl (C=O) groups is 1. The van der Waals surface area contributed by atoms with Gasteiger partial charge in [-0.25, -0.2) is 0 Å². The molecule has 1 saturated heterocycles. The SMILES string of the molecule is COc1ccc(Cl)cc1NCC(=O)NC[C@@H](C)N1CCOCC1. The highest BCUT2D eigenvalue weighted by Gasteiger charge is 2.17. The van der Waals surface area contributed by atoms with Crippen LogP contribution in [0.25, 0.3) is 0 Å². The molecule has 1 heterocycles. The smallest absolute Gasteiger partial charge is 0.239 e. The number of hydrogen-bond acceptors (Lipinski definition) is 5. The molecule has 0 aromatic heterocycles. The van der Waals surface area contributed by atoms with Crippen LogP contribution in [0.15, 0.2) is 18.2 Å². The van der Waals surface area contributed by atoms with Gasteiger partial charge in [-0.2, -0.15) is 0 Å². The van der Waals surface area contributed by atoms with Gasteiger partial charge < -0.3 is 20.1 Å². The molecule has 2 rings (SSSR count). The van der Waals surface area contributed by atoms with Gasteiger partial charge in [0.2, 0.25) is 5.91 Å². The lowest BCUT2D eigenvalue weighted by Crippen LogP contribution is -2.47. The van der Waals surface area contributed by atoms with Crippen molar-refractivity contribution in [2.24, 2.45) is 0 Å². The van der Waals surface area contributed by atoms with Crippen LogP contribution in [0.1, 0.15) is 6.92 Å². The molecule has 1 fully saturated rings. The molecule has 0 bridgehead atoms. The van der Waals surface area contributed by atoms with Gasteiger partial charge in [0.25, 0.3) is 0 Å². The first kappa shape index (κ1) is 17.8. The van der Waals surface area contributed by atoms with E-state index < -0.39 is 0 Å². The van der Waals surface area contributed by atoms with E-state index in [0.29, 0.717) is 29.0 Å². The van der Waals surface area contributed by atoms with Crippen LogP contribution in [0, 0.1) is 0 Å². The quantitative estimate of drug-likeness (QED) is 0.788. The Morgan fingerprint density at radius 2 is 2.17 bits per heavy atom. The molecule has 23 heavy (non-hydrogen) atoms. The predicted octanol–water partition coefficient (Wildman–Crippen LogP) is 1.60. The molecular formula is C16H24ClN3O3. The van der Waals surface area contributed by atoms with Gasteiger partial charge in [-0.05, 0) is 25.1 Å². The van der Waals surface area contributed by atoms with Crippen molar-refractivity contribution >= 4 is 23.2 Å². The lowest BCUT2D eigenvalue weighted by Gasteiger charge is -2.32. The maximum absolute atomic E-state index is 12.0. The number of carbonyl (C=O) groups excluding carboxylic acids is 1. The monoisotopic (exact) mass is 341 g/mol. The normalized spacial score (nSPS) is 16.7. The molecule has 1 aliphatic heterocycles. The van der Waals surface area contributed by atoms with Gasteiger partial charge in [-0.1, -0.05) is 11.6 Å². The van der Waals surface area contributed by atoms with E-state index in [1.807, 2.05) is 0 Å². The molecule has 1 aromatic carbocycles. The van der Waals surface area contributed by atoms with Crippen molar-refractivity contribution in [3.8, 4) is 5.75 Å². The third-order valence-electron chi connectivity index (χ3n) is 3.86. The zero-order valence-corrected chi connectivity index (χ0v) is 14.4. The third-order valence-corrected chi connectivity index (χ3v) is 4.10. The second kappa shape index (κ2) is 8.96. The van der Waals surface area contributed by atoms with Gasteiger partial charge in [-0.15, -0.1) is 0 Å². The second-order valence-electron chi connectivity index (χ2n) is 5.50. The van der Waals surface area contributed by atoms with Gasteiger partial charge >= 0.3 is 0 Å². The Morgan fingerprint density at radius 3 is 2.87 bits per heavy atom. The Hall–Kier alpha value is -1.50. The summed E-state index contributed by atoms with van der Waals surface area (Å²) in [7, 11) is 1.58. The van der Waals surface area contributed by atoms with Crippen molar-refractivity contribution in [3.63, 3.8) is 0 Å². The highest BCUT2D eigenvalue weighted by atomic mass is 35.5. The lowest BCUT2D eigenvalue weighted by molar-refractivity contribution is -0.119. The number of benzene rings is 1. The van der Waals surface area contributed by atoms with E-state index in [4.69, 9.17) is 21.1 Å². The molecule has 1 amide bonds. The largest absolute Gasteiger partial charge is 0.495 e. The summed E-state index contributed by atoms with van der Waals surface area (Å²) >= 11 is 5.97. The number of ether oxygens (including phenoxy) is 2. The van der Waals surface area contributed by atoms with Crippen LogP contribution < -0.4 is 15.4 Å². The topological polar surface area (TPSA) is 62.8 Å². The molecule has 0 unspecified atom stereocenters. The number of nitrogens with one attached hydrogen (secondary N) is 2. The summed E-state index contributed by atoms with van der Waals surface area (Å²) in [4.78, 5) is 14.3. The number of anilines is 1. The van der Waals surface area contributed by atoms with Crippen LogP contribution in [0.4, 0.5) is 5.69 Å². The van der Waals surface area contributed by atoms with E-state index in [2.05, 4.69) is 22.5 Å². The molecule has 0 aliphatic carbocycles. The zero-order valence-electron chi connectivity index (χ0n) is 13.6. The number of halogens is 1. The summed E-state index contributed by atoms with van der Waals surface area (Å²) in [5, 5.41) is 6.59. The van der Waals surface area contributed by atoms with Crippen molar-refractivity contribution in [2.45, 2.75) is 13.0 Å². The Bertz CT molecular complexity index is 521. The molecule has 2 N–H and O–H groups in total. The number of nitrogens with zero attached hydrogens (tertiary/aromatic N) is 1. The number of methoxy groups -OCH3 is 1. The maximum Gasteiger partial charge on any atom is 0.239 e. The van der Waals surface area contributed by atoms with Crippen LogP contribution in [0.2, 0.25) is 5.02 Å². The van der Waals surface area contributed by atoms with Gasteiger partial charge in [-0.3, -0.25) is 9.69 Å². The molecule has 1 atom stereocenters. The Balaban J connectivity index is 1.75. The molecule has 0 saturated carbocycles. The molecule has 1 aliphatic rings. The standard InChI is InChI=1S/C16H24ClN3O3/c1-12(20-5-7-23-8-6-20)10-19-16(21)11-18-14-9-13(17)3-4-15(14)22-2/h3-4,9,12,18H,5-8,10-11H2,1-2H3,(H,19,21)/t12-/m1/s1. The minimum absolute atomic E-state index is 0.0628. The summed E-state index contributed by atoms with van der Waals surface area (Å²) in [5.74, 6) is 0.594. The molecule has 6 nitrogen and oxygen atoms in total. The fourth-order valence-corrected chi connectivity index (χ4v) is 2.64. The number of rotatable bonds is 7. The van der Waals surface area contributed by atoms with Crippen LogP contribution in [-0.4, -0.2) is 63.4 Å². The summed E-state index contributed by atoms with van der Waals surface area (Å²) in [5.41, 5.74) is 0.705. The fourth-order valence-electron chi connectivity index (χ4n) is 2.47. The lowest BCUT2D eigenvalue weighted by atomic mass is 10.2. The molecule has 0 radical (unpaired) electrons. The molecule has 0 spiro atoms. The van der Waals surface area contributed by atoms with Crippen LogP contribution in [0.5, 0.6) is 5.75 Å². The van der Waals surface area contributed by atoms with E-state index in [9.17, 15) is 4.79 Å². The number of amides is 1. The molecule has 7 heteroatoms. The third kappa shape index (κ3) is 5.57. The van der Waals surface area contributed by atoms with Crippen LogP contribution in [0.3, 0.4) is 0 Å². The first-order valence-corrected chi connectivity index (χ1v) is 8.14. The molecular weight excluding hydrogens is 318 g/mol. The summed E-state index contributed by atoms with van der Waals surface area (Å²) < 4.78 is 10.6. The van der Waals surface area contributed by atoms with Crippen molar-refractivity contribution in [3.05, 3.63) is 23.2 Å². The van der Waals surface area contributed by atoms with E-state index in [1.165, 1.54) is 0 Å². The van der Waals surface area contributed by atoms with E-state index >= 15 is 0 Å². The Labute approximate surface area is 142 Å². The summed E-state index contributed by atoms with van der Waals surface area (Å²) in [6.45, 7) is 6.24. The summed E-state index contributed by atoms with van der Waals surface area (Å²) in [6.07, 6.45) is 0. The molecule has 1 aromatic rings. The van der Waals surface area contributed by atoms with Gasteiger partial charge in [0.1, 0.15) is 5.75 Å². The average molecular weight is 342 g/mol. The number of morpholine rings is 1. The first-order chi connectivity index (χ1) is 11.1. The van der Waals surface area contributed by atoms with E-state index in [-0.39, 0.29) is 12.5 Å². The van der Waals surface area contributed by atoms with Crippen LogP contribution >= 0.6 is 11.6 Å². The van der Waals surface area contributed by atoms with Crippen molar-refractivity contribution < 1.29 is 14.3 Å². The maximum atomic E-state index is 12.0. The fraction of sp³-hybridized carbons (Fsp3) is 0.562. The highest BCUT2D eigenvalue weighted by molar-refractivity contribution is 6.30. The zero-order chi connectivity index (χ0) is 16.7. The van der Waals surface area contributed by atoms with Gasteiger partial charge in [0.05, 0.1) is 32.6 Å². The van der Waals surface area contributed by atoms with Gasteiger partial charge in [0, 0.05) is 30.7 Å². The first-order valence-electron chi connectivity index (χ1n) is 7.76. The summed E-state index contributed by atoms with van der Waals surface area (Å²) in [6, 6.07) is 5.55. The Kier molecular flexibility index (Phi) is 6.95. The average Bonchev–Trinajstić information content (AvgIpc) is 2.58. The van der Waals surface area contributed by atoms with E-state index in [0.717, 1.165) is 26.3 Å². The van der Waals surface area contributed by atoms with Gasteiger partial charge in [0.15, 0.2) is 0 Å².